The lowest BCUT2D eigenvalue weighted by atomic mass is 10.2. The Kier molecular flexibility index (Phi) is 2.26. The van der Waals surface area contributed by atoms with Crippen molar-refractivity contribution < 1.29 is 9.47 Å². The van der Waals surface area contributed by atoms with Gasteiger partial charge in [-0.1, -0.05) is 0 Å². The fraction of sp³-hybridized carbons (Fsp3) is 0.875. The average Bonchev–Trinajstić information content (AvgIpc) is 2.17. The van der Waals surface area contributed by atoms with Crippen molar-refractivity contribution >= 4 is 0 Å². The molecule has 12 heavy (non-hydrogen) atoms. The van der Waals surface area contributed by atoms with E-state index in [9.17, 15) is 0 Å². The van der Waals surface area contributed by atoms with E-state index in [-0.39, 0.29) is 6.10 Å². The summed E-state index contributed by atoms with van der Waals surface area (Å²) in [6.45, 7) is 3.85. The second-order valence-electron chi connectivity index (χ2n) is 3.17. The van der Waals surface area contributed by atoms with Crippen LogP contribution in [0.2, 0.25) is 0 Å². The van der Waals surface area contributed by atoms with Crippen molar-refractivity contribution in [2.75, 3.05) is 32.9 Å². The number of hydrogen-bond donors (Lipinski definition) is 0. The van der Waals surface area contributed by atoms with Gasteiger partial charge >= 0.3 is 0 Å². The van der Waals surface area contributed by atoms with Crippen molar-refractivity contribution in [3.05, 3.63) is 0 Å². The van der Waals surface area contributed by atoms with Crippen LogP contribution in [0.3, 0.4) is 0 Å². The van der Waals surface area contributed by atoms with Crippen LogP contribution in [0.5, 0.6) is 0 Å². The minimum Gasteiger partial charge on any atom is -0.378 e. The van der Waals surface area contributed by atoms with Crippen molar-refractivity contribution in [2.45, 2.75) is 12.1 Å². The van der Waals surface area contributed by atoms with Gasteiger partial charge in [-0.05, 0) is 0 Å². The third kappa shape index (κ3) is 1.44. The zero-order chi connectivity index (χ0) is 8.39. The molecule has 2 saturated heterocycles. The van der Waals surface area contributed by atoms with E-state index in [1.165, 1.54) is 0 Å². The van der Waals surface area contributed by atoms with Crippen LogP contribution in [-0.4, -0.2) is 50.0 Å². The first-order chi connectivity index (χ1) is 5.90. The molecule has 0 spiro atoms. The van der Waals surface area contributed by atoms with E-state index in [0.29, 0.717) is 12.6 Å². The van der Waals surface area contributed by atoms with Crippen LogP contribution in [0.1, 0.15) is 0 Å². The Bertz CT molecular complexity index is 202. The largest absolute Gasteiger partial charge is 0.378 e. The number of fused-ring (bicyclic) bond motifs is 1. The molecule has 2 heterocycles. The van der Waals surface area contributed by atoms with E-state index in [2.05, 4.69) is 11.0 Å². The van der Waals surface area contributed by atoms with Gasteiger partial charge in [0.25, 0.3) is 0 Å². The van der Waals surface area contributed by atoms with E-state index in [1.807, 2.05) is 0 Å². The fourth-order valence-corrected chi connectivity index (χ4v) is 1.65. The Balaban J connectivity index is 1.95. The third-order valence-electron chi connectivity index (χ3n) is 2.38. The zero-order valence-electron chi connectivity index (χ0n) is 6.90. The molecule has 0 N–H and O–H groups in total. The Morgan fingerprint density at radius 2 is 2.33 bits per heavy atom. The summed E-state index contributed by atoms with van der Waals surface area (Å²) in [5, 5.41) is 8.65. The second-order valence-corrected chi connectivity index (χ2v) is 3.17. The highest BCUT2D eigenvalue weighted by Gasteiger charge is 2.30. The molecule has 0 saturated carbocycles. The molecule has 0 amide bonds. The quantitative estimate of drug-likeness (QED) is 0.494. The summed E-state index contributed by atoms with van der Waals surface area (Å²) in [6.07, 6.45) is -0.237. The van der Waals surface area contributed by atoms with Gasteiger partial charge in [0.2, 0.25) is 0 Å². The second kappa shape index (κ2) is 3.40. The van der Waals surface area contributed by atoms with Crippen LogP contribution in [-0.2, 0) is 9.47 Å². The van der Waals surface area contributed by atoms with Gasteiger partial charge < -0.3 is 9.47 Å². The molecule has 2 aliphatic heterocycles. The van der Waals surface area contributed by atoms with E-state index in [0.717, 1.165) is 26.3 Å². The van der Waals surface area contributed by atoms with E-state index in [1.54, 1.807) is 0 Å². The number of hydrogen-bond acceptors (Lipinski definition) is 4. The Morgan fingerprint density at radius 1 is 1.42 bits per heavy atom. The smallest absolute Gasteiger partial charge is 0.156 e. The van der Waals surface area contributed by atoms with Crippen LogP contribution in [0.15, 0.2) is 0 Å². The van der Waals surface area contributed by atoms with Gasteiger partial charge in [-0.3, -0.25) is 4.90 Å². The highest BCUT2D eigenvalue weighted by Crippen LogP contribution is 2.14. The lowest BCUT2D eigenvalue weighted by Gasteiger charge is -2.40. The van der Waals surface area contributed by atoms with E-state index in [4.69, 9.17) is 14.7 Å². The summed E-state index contributed by atoms with van der Waals surface area (Å²) >= 11 is 0. The topological polar surface area (TPSA) is 45.5 Å². The van der Waals surface area contributed by atoms with Gasteiger partial charge in [0.05, 0.1) is 31.9 Å². The maximum absolute atomic E-state index is 8.65. The summed E-state index contributed by atoms with van der Waals surface area (Å²) in [6, 6.07) is 2.51. The third-order valence-corrected chi connectivity index (χ3v) is 2.38. The van der Waals surface area contributed by atoms with Gasteiger partial charge in [-0.25, -0.2) is 0 Å². The predicted octanol–water partition coefficient (Wildman–Crippen LogP) is -0.390. The molecule has 0 unspecified atom stereocenters. The molecule has 0 radical (unpaired) electrons. The predicted molar refractivity (Wildman–Crippen MR) is 41.5 cm³/mol. The fourth-order valence-electron chi connectivity index (χ4n) is 1.65. The van der Waals surface area contributed by atoms with E-state index < -0.39 is 0 Å². The van der Waals surface area contributed by atoms with Gasteiger partial charge in [-0.2, -0.15) is 5.26 Å². The summed E-state index contributed by atoms with van der Waals surface area (Å²) < 4.78 is 10.6. The number of ether oxygens (including phenoxy) is 2. The van der Waals surface area contributed by atoms with Crippen molar-refractivity contribution in [2.24, 2.45) is 0 Å². The van der Waals surface area contributed by atoms with Crippen LogP contribution in [0.25, 0.3) is 0 Å². The molecule has 66 valence electrons. The van der Waals surface area contributed by atoms with Crippen LogP contribution in [0.4, 0.5) is 0 Å². The maximum atomic E-state index is 8.65. The summed E-state index contributed by atoms with van der Waals surface area (Å²) in [5.74, 6) is 0. The first kappa shape index (κ1) is 7.99. The Hall–Kier alpha value is -0.630. The molecule has 4 heteroatoms. The zero-order valence-corrected chi connectivity index (χ0v) is 6.90. The minimum absolute atomic E-state index is 0.237. The number of rotatable bonds is 0. The molecule has 0 bridgehead atoms. The lowest BCUT2D eigenvalue weighted by molar-refractivity contribution is -0.101. The van der Waals surface area contributed by atoms with Gasteiger partial charge in [0, 0.05) is 13.1 Å². The molecule has 4 nitrogen and oxygen atoms in total. The normalized spacial score (nSPS) is 36.9. The van der Waals surface area contributed by atoms with Gasteiger partial charge in [0.1, 0.15) is 0 Å². The summed E-state index contributed by atoms with van der Waals surface area (Å²) in [5.41, 5.74) is 0. The lowest BCUT2D eigenvalue weighted by Crippen LogP contribution is -2.55. The standard InChI is InChI=1S/C8H12N2O2/c9-3-8-4-10-1-2-11-5-7(10)6-12-8/h7-8H,1-2,4-6H2/t7-,8+/m1/s1. The molecule has 0 aromatic carbocycles. The molecule has 2 aliphatic rings. The Morgan fingerprint density at radius 3 is 3.17 bits per heavy atom. The first-order valence-electron chi connectivity index (χ1n) is 4.23. The Labute approximate surface area is 71.7 Å². The molecule has 0 aromatic rings. The first-order valence-corrected chi connectivity index (χ1v) is 4.23. The number of nitrogens with zero attached hydrogens (tertiary/aromatic N) is 2. The highest BCUT2D eigenvalue weighted by molar-refractivity contribution is 4.93. The van der Waals surface area contributed by atoms with E-state index >= 15 is 0 Å². The maximum Gasteiger partial charge on any atom is 0.156 e. The van der Waals surface area contributed by atoms with Crippen molar-refractivity contribution in [3.8, 4) is 6.07 Å². The molecule has 2 fully saturated rings. The molecule has 0 aliphatic carbocycles. The van der Waals surface area contributed by atoms with Crippen molar-refractivity contribution in [1.29, 1.82) is 5.26 Å². The van der Waals surface area contributed by atoms with Gasteiger partial charge in [0.15, 0.2) is 6.10 Å². The van der Waals surface area contributed by atoms with Crippen molar-refractivity contribution in [1.82, 2.24) is 4.90 Å². The summed E-state index contributed by atoms with van der Waals surface area (Å²) in [4.78, 5) is 2.28. The molecule has 2 atom stereocenters. The van der Waals surface area contributed by atoms with Crippen molar-refractivity contribution in [3.63, 3.8) is 0 Å². The van der Waals surface area contributed by atoms with Gasteiger partial charge in [-0.15, -0.1) is 0 Å². The highest BCUT2D eigenvalue weighted by atomic mass is 16.5. The summed E-state index contributed by atoms with van der Waals surface area (Å²) in [7, 11) is 0. The molecular weight excluding hydrogens is 156 g/mol. The average molecular weight is 168 g/mol. The molecular formula is C8H12N2O2. The van der Waals surface area contributed by atoms with Crippen LogP contribution in [0, 0.1) is 11.3 Å². The molecule has 0 aromatic heterocycles. The number of morpholine rings is 2. The molecule has 2 rings (SSSR count). The number of nitriles is 1. The monoisotopic (exact) mass is 168 g/mol. The SMILES string of the molecule is N#C[C@H]1CN2CCOC[C@@H]2CO1. The van der Waals surface area contributed by atoms with Crippen LogP contribution < -0.4 is 0 Å². The van der Waals surface area contributed by atoms with Crippen LogP contribution >= 0.6 is 0 Å². The minimum atomic E-state index is -0.237.